The first-order valence-corrected chi connectivity index (χ1v) is 6.10. The Hall–Kier alpha value is -2.36. The van der Waals surface area contributed by atoms with Crippen LogP contribution < -0.4 is 14.8 Å². The summed E-state index contributed by atoms with van der Waals surface area (Å²) in [5, 5.41) is 2.28. The van der Waals surface area contributed by atoms with Crippen molar-refractivity contribution in [2.24, 2.45) is 0 Å². The number of benzene rings is 1. The lowest BCUT2D eigenvalue weighted by Gasteiger charge is -2.18. The maximum absolute atomic E-state index is 12.4. The number of fused-ring (bicyclic) bond motifs is 1. The predicted molar refractivity (Wildman–Crippen MR) is 67.9 cm³/mol. The molecule has 1 aliphatic heterocycles. The zero-order valence-electron chi connectivity index (χ0n) is 10.9. The van der Waals surface area contributed by atoms with Crippen molar-refractivity contribution in [3.63, 3.8) is 0 Å². The summed E-state index contributed by atoms with van der Waals surface area (Å²) >= 11 is 0. The van der Waals surface area contributed by atoms with E-state index in [4.69, 9.17) is 15.9 Å². The van der Waals surface area contributed by atoms with E-state index < -0.39 is 24.5 Å². The molecule has 21 heavy (non-hydrogen) atoms. The highest BCUT2D eigenvalue weighted by Gasteiger charge is 2.32. The summed E-state index contributed by atoms with van der Waals surface area (Å²) in [5.41, 5.74) is 0.184. The highest BCUT2D eigenvalue weighted by Crippen LogP contribution is 2.32. The second-order valence-corrected chi connectivity index (χ2v) is 4.47. The van der Waals surface area contributed by atoms with E-state index >= 15 is 0 Å². The number of amides is 1. The number of hydrogen-bond acceptors (Lipinski definition) is 3. The lowest BCUT2D eigenvalue weighted by Crippen LogP contribution is -2.37. The Morgan fingerprint density at radius 2 is 2.10 bits per heavy atom. The van der Waals surface area contributed by atoms with E-state index in [1.807, 2.05) is 0 Å². The molecule has 0 aliphatic carbocycles. The summed E-state index contributed by atoms with van der Waals surface area (Å²) in [6, 6.07) is 3.23. The third kappa shape index (κ3) is 4.05. The number of terminal acetylenes is 1. The molecule has 1 amide bonds. The third-order valence-corrected chi connectivity index (χ3v) is 2.81. The van der Waals surface area contributed by atoms with E-state index in [1.54, 1.807) is 0 Å². The van der Waals surface area contributed by atoms with Crippen LogP contribution in [0.5, 0.6) is 11.5 Å². The van der Waals surface area contributed by atoms with E-state index in [0.717, 1.165) is 0 Å². The van der Waals surface area contributed by atoms with Crippen molar-refractivity contribution in [3.05, 3.63) is 23.8 Å². The largest absolute Gasteiger partial charge is 0.454 e. The summed E-state index contributed by atoms with van der Waals surface area (Å²) in [4.78, 5) is 12.0. The molecule has 1 unspecified atom stereocenters. The van der Waals surface area contributed by atoms with Gasteiger partial charge in [0, 0.05) is 18.0 Å². The molecular formula is C14H12F3NO3. The zero-order chi connectivity index (χ0) is 15.5. The molecule has 0 saturated carbocycles. The molecule has 0 radical (unpaired) electrons. The Morgan fingerprint density at radius 1 is 1.38 bits per heavy atom. The quantitative estimate of drug-likeness (QED) is 0.869. The Balaban J connectivity index is 2.06. The van der Waals surface area contributed by atoms with E-state index in [2.05, 4.69) is 11.2 Å². The Bertz CT molecular complexity index is 578. The molecule has 7 heteroatoms. The van der Waals surface area contributed by atoms with Gasteiger partial charge in [-0.3, -0.25) is 4.79 Å². The van der Waals surface area contributed by atoms with Crippen molar-refractivity contribution in [3.8, 4) is 23.8 Å². The Morgan fingerprint density at radius 3 is 2.76 bits per heavy atom. The maximum Gasteiger partial charge on any atom is 0.391 e. The maximum atomic E-state index is 12.4. The van der Waals surface area contributed by atoms with E-state index in [9.17, 15) is 18.0 Å². The SMILES string of the molecule is C#CCC(CC(F)(F)F)NC(=O)c1ccc2c(c1)OCO2. The van der Waals surface area contributed by atoms with Crippen molar-refractivity contribution >= 4 is 5.91 Å². The molecule has 112 valence electrons. The number of rotatable bonds is 4. The zero-order valence-corrected chi connectivity index (χ0v) is 10.9. The minimum atomic E-state index is -4.40. The van der Waals surface area contributed by atoms with Crippen LogP contribution in [0.25, 0.3) is 0 Å². The smallest absolute Gasteiger partial charge is 0.391 e. The monoisotopic (exact) mass is 299 g/mol. The van der Waals surface area contributed by atoms with Gasteiger partial charge in [0.05, 0.1) is 6.42 Å². The number of carbonyl (C=O) groups excluding carboxylic acids is 1. The summed E-state index contributed by atoms with van der Waals surface area (Å²) < 4.78 is 47.4. The fourth-order valence-corrected chi connectivity index (χ4v) is 1.90. The van der Waals surface area contributed by atoms with Crippen molar-refractivity contribution in [1.82, 2.24) is 5.32 Å². The highest BCUT2D eigenvalue weighted by atomic mass is 19.4. The molecule has 0 aromatic heterocycles. The summed E-state index contributed by atoms with van der Waals surface area (Å²) in [5.74, 6) is 2.36. The van der Waals surface area contributed by atoms with Crippen LogP contribution in [0.2, 0.25) is 0 Å². The second kappa shape index (κ2) is 5.95. The van der Waals surface area contributed by atoms with E-state index in [0.29, 0.717) is 11.5 Å². The predicted octanol–water partition coefficient (Wildman–Crippen LogP) is 2.49. The first kappa shape index (κ1) is 15.0. The van der Waals surface area contributed by atoms with Gasteiger partial charge < -0.3 is 14.8 Å². The lowest BCUT2D eigenvalue weighted by molar-refractivity contribution is -0.139. The lowest BCUT2D eigenvalue weighted by atomic mass is 10.1. The van der Waals surface area contributed by atoms with Gasteiger partial charge >= 0.3 is 6.18 Å². The topological polar surface area (TPSA) is 47.6 Å². The van der Waals surface area contributed by atoms with Gasteiger partial charge in [0.1, 0.15) is 0 Å². The minimum Gasteiger partial charge on any atom is -0.454 e. The summed E-state index contributed by atoms with van der Waals surface area (Å²) in [6.45, 7) is 0.0498. The first-order valence-electron chi connectivity index (χ1n) is 6.10. The number of ether oxygens (including phenoxy) is 2. The number of halogens is 3. The number of nitrogens with one attached hydrogen (secondary N) is 1. The average Bonchev–Trinajstić information content (AvgIpc) is 2.83. The van der Waals surface area contributed by atoms with Gasteiger partial charge in [0.15, 0.2) is 11.5 Å². The van der Waals surface area contributed by atoms with Crippen LogP contribution in [0.1, 0.15) is 23.2 Å². The average molecular weight is 299 g/mol. The normalized spacial score (nSPS) is 14.4. The van der Waals surface area contributed by atoms with E-state index in [-0.39, 0.29) is 18.8 Å². The fraction of sp³-hybridized carbons (Fsp3) is 0.357. The van der Waals surface area contributed by atoms with Crippen LogP contribution in [0, 0.1) is 12.3 Å². The van der Waals surface area contributed by atoms with Crippen LogP contribution in [-0.2, 0) is 0 Å². The molecule has 1 aromatic carbocycles. The molecule has 1 aliphatic rings. The van der Waals surface area contributed by atoms with Crippen molar-refractivity contribution in [2.45, 2.75) is 25.1 Å². The number of alkyl halides is 3. The van der Waals surface area contributed by atoms with Gasteiger partial charge in [-0.05, 0) is 18.2 Å². The summed E-state index contributed by atoms with van der Waals surface area (Å²) in [7, 11) is 0. The molecule has 0 spiro atoms. The molecule has 2 rings (SSSR count). The molecule has 1 atom stereocenters. The standard InChI is InChI=1S/C14H12F3NO3/c1-2-3-10(7-14(15,16)17)18-13(19)9-4-5-11-12(6-9)21-8-20-11/h1,4-6,10H,3,7-8H2,(H,18,19). The molecule has 0 saturated heterocycles. The Kier molecular flexibility index (Phi) is 4.26. The van der Waals surface area contributed by atoms with Crippen LogP contribution in [-0.4, -0.2) is 24.9 Å². The van der Waals surface area contributed by atoms with Gasteiger partial charge in [-0.15, -0.1) is 12.3 Å². The number of carbonyl (C=O) groups is 1. The second-order valence-electron chi connectivity index (χ2n) is 4.47. The first-order chi connectivity index (χ1) is 9.89. The van der Waals surface area contributed by atoms with Crippen molar-refractivity contribution in [2.75, 3.05) is 6.79 Å². The fourth-order valence-electron chi connectivity index (χ4n) is 1.90. The molecule has 1 heterocycles. The van der Waals surface area contributed by atoms with Gasteiger partial charge in [-0.1, -0.05) is 0 Å². The molecule has 0 bridgehead atoms. The summed E-state index contributed by atoms with van der Waals surface area (Å²) in [6.07, 6.45) is -0.740. The van der Waals surface area contributed by atoms with E-state index in [1.165, 1.54) is 18.2 Å². The van der Waals surface area contributed by atoms with Crippen molar-refractivity contribution in [1.29, 1.82) is 0 Å². The van der Waals surface area contributed by atoms with Gasteiger partial charge in [0.25, 0.3) is 5.91 Å². The molecule has 1 aromatic rings. The highest BCUT2D eigenvalue weighted by molar-refractivity contribution is 5.95. The van der Waals surface area contributed by atoms with Gasteiger partial charge in [-0.25, -0.2) is 0 Å². The van der Waals surface area contributed by atoms with Crippen LogP contribution in [0.3, 0.4) is 0 Å². The molecular weight excluding hydrogens is 287 g/mol. The van der Waals surface area contributed by atoms with Crippen LogP contribution in [0.15, 0.2) is 18.2 Å². The third-order valence-electron chi connectivity index (χ3n) is 2.81. The van der Waals surface area contributed by atoms with Gasteiger partial charge in [0.2, 0.25) is 6.79 Å². The molecule has 1 N–H and O–H groups in total. The number of hydrogen-bond donors (Lipinski definition) is 1. The van der Waals surface area contributed by atoms with Crippen LogP contribution in [0.4, 0.5) is 13.2 Å². The van der Waals surface area contributed by atoms with Crippen LogP contribution >= 0.6 is 0 Å². The minimum absolute atomic E-state index is 0.0498. The molecule has 4 nitrogen and oxygen atoms in total. The molecule has 0 fully saturated rings. The Labute approximate surface area is 119 Å². The van der Waals surface area contributed by atoms with Gasteiger partial charge in [-0.2, -0.15) is 13.2 Å². The van der Waals surface area contributed by atoms with Crippen molar-refractivity contribution < 1.29 is 27.4 Å².